The van der Waals surface area contributed by atoms with E-state index in [1.165, 1.54) is 12.1 Å². The Balaban J connectivity index is 1.67. The number of hydrogen-bond acceptors (Lipinski definition) is 5. The van der Waals surface area contributed by atoms with Crippen molar-refractivity contribution in [3.63, 3.8) is 0 Å². The maximum Gasteiger partial charge on any atom is 0.162 e. The molecule has 0 aromatic heterocycles. The third-order valence-electron chi connectivity index (χ3n) is 7.98. The Bertz CT molecular complexity index is 1610. The van der Waals surface area contributed by atoms with Crippen LogP contribution in [-0.2, 0) is 11.4 Å². The summed E-state index contributed by atoms with van der Waals surface area (Å²) >= 11 is 0. The number of ketones is 1. The maximum atomic E-state index is 13.9. The number of Topliss-reactive ketones (excluding diaryl/α,β-unsaturated/α-hetero) is 1. The Morgan fingerprint density at radius 2 is 1.73 bits per heavy atom. The molecule has 40 heavy (non-hydrogen) atoms. The van der Waals surface area contributed by atoms with Gasteiger partial charge in [-0.15, -0.1) is 0 Å². The average Bonchev–Trinajstić information content (AvgIpc) is 2.89. The smallest absolute Gasteiger partial charge is 0.162 e. The van der Waals surface area contributed by atoms with Crippen molar-refractivity contribution in [3.05, 3.63) is 117 Å². The fourth-order valence-electron chi connectivity index (χ4n) is 5.98. The van der Waals surface area contributed by atoms with E-state index < -0.39 is 5.92 Å². The summed E-state index contributed by atoms with van der Waals surface area (Å²) in [6, 6.07) is 20.3. The molecule has 0 amide bonds. The number of halogens is 1. The molecule has 1 atom stereocenters. The number of rotatable bonds is 5. The van der Waals surface area contributed by atoms with Gasteiger partial charge in [0.1, 0.15) is 24.0 Å². The predicted molar refractivity (Wildman–Crippen MR) is 155 cm³/mol. The highest BCUT2D eigenvalue weighted by Gasteiger charge is 2.45. The van der Waals surface area contributed by atoms with Gasteiger partial charge in [-0.05, 0) is 90.8 Å². The van der Waals surface area contributed by atoms with E-state index >= 15 is 0 Å². The first-order chi connectivity index (χ1) is 19.0. The molecule has 1 aliphatic carbocycles. The van der Waals surface area contributed by atoms with Gasteiger partial charge in [0, 0.05) is 17.7 Å². The minimum absolute atomic E-state index is 0.0409. The summed E-state index contributed by atoms with van der Waals surface area (Å²) in [5.74, 6) is 0.0605. The van der Waals surface area contributed by atoms with Crippen LogP contribution in [0.3, 0.4) is 0 Å². The van der Waals surface area contributed by atoms with E-state index in [0.717, 1.165) is 39.2 Å². The Morgan fingerprint density at radius 1 is 1.02 bits per heavy atom. The minimum Gasteiger partial charge on any atom is -0.489 e. The van der Waals surface area contributed by atoms with Crippen molar-refractivity contribution < 1.29 is 13.9 Å². The molecule has 0 fully saturated rings. The maximum absolute atomic E-state index is 13.9. The van der Waals surface area contributed by atoms with Crippen LogP contribution in [0.1, 0.15) is 60.4 Å². The SMILES string of the molecule is Cc1cc(C)c(C2C(C#N)=C(N)N(c3ccccc3C)C3=C2C(=O)CC(C)(C)C3)cc1COc1ccc(F)cc1. The summed E-state index contributed by atoms with van der Waals surface area (Å²) in [6.07, 6.45) is 1.05. The number of benzene rings is 3. The molecule has 3 aromatic rings. The molecule has 0 radical (unpaired) electrons. The van der Waals surface area contributed by atoms with Crippen molar-refractivity contribution in [3.8, 4) is 11.8 Å². The van der Waals surface area contributed by atoms with Gasteiger partial charge in [0.2, 0.25) is 0 Å². The van der Waals surface area contributed by atoms with Gasteiger partial charge in [0.05, 0.1) is 23.2 Å². The highest BCUT2D eigenvalue weighted by molar-refractivity contribution is 6.02. The average molecular weight is 536 g/mol. The molecule has 1 heterocycles. The van der Waals surface area contributed by atoms with E-state index in [1.54, 1.807) is 12.1 Å². The fraction of sp³-hybridized carbons (Fsp3) is 0.294. The summed E-state index contributed by atoms with van der Waals surface area (Å²) in [5.41, 5.74) is 14.2. The lowest BCUT2D eigenvalue weighted by Gasteiger charge is -2.44. The van der Waals surface area contributed by atoms with Crippen LogP contribution in [0.25, 0.3) is 0 Å². The van der Waals surface area contributed by atoms with Crippen LogP contribution >= 0.6 is 0 Å². The van der Waals surface area contributed by atoms with Crippen molar-refractivity contribution in [1.29, 1.82) is 5.26 Å². The van der Waals surface area contributed by atoms with E-state index in [1.807, 2.05) is 56.0 Å². The second-order valence-corrected chi connectivity index (χ2v) is 11.6. The number of ether oxygens (including phenoxy) is 1. The molecule has 0 bridgehead atoms. The van der Waals surface area contributed by atoms with Crippen LogP contribution in [0.5, 0.6) is 5.75 Å². The second kappa shape index (κ2) is 10.3. The molecule has 1 unspecified atom stereocenters. The van der Waals surface area contributed by atoms with Crippen LogP contribution in [0, 0.1) is 43.3 Å². The molecule has 0 saturated heterocycles. The van der Waals surface area contributed by atoms with E-state index in [-0.39, 0.29) is 23.6 Å². The summed E-state index contributed by atoms with van der Waals surface area (Å²) in [5, 5.41) is 10.5. The van der Waals surface area contributed by atoms with Crippen LogP contribution in [0.15, 0.2) is 83.3 Å². The Labute approximate surface area is 235 Å². The molecule has 0 saturated carbocycles. The molecule has 204 valence electrons. The molecule has 3 aromatic carbocycles. The monoisotopic (exact) mass is 535 g/mol. The fourth-order valence-corrected chi connectivity index (χ4v) is 5.98. The van der Waals surface area contributed by atoms with Crippen molar-refractivity contribution >= 4 is 11.5 Å². The van der Waals surface area contributed by atoms with E-state index in [2.05, 4.69) is 26.0 Å². The van der Waals surface area contributed by atoms with Gasteiger partial charge >= 0.3 is 0 Å². The molecule has 6 heteroatoms. The molecule has 0 spiro atoms. The second-order valence-electron chi connectivity index (χ2n) is 11.6. The molecular weight excluding hydrogens is 501 g/mol. The number of allylic oxidation sites excluding steroid dienone is 3. The summed E-state index contributed by atoms with van der Waals surface area (Å²) < 4.78 is 19.3. The first-order valence-corrected chi connectivity index (χ1v) is 13.5. The lowest BCUT2D eigenvalue weighted by molar-refractivity contribution is -0.118. The number of nitrogens with two attached hydrogens (primary N) is 1. The van der Waals surface area contributed by atoms with Crippen molar-refractivity contribution in [1.82, 2.24) is 0 Å². The quantitative estimate of drug-likeness (QED) is 0.372. The van der Waals surface area contributed by atoms with Gasteiger partial charge in [0.25, 0.3) is 0 Å². The van der Waals surface area contributed by atoms with Crippen LogP contribution < -0.4 is 15.4 Å². The third-order valence-corrected chi connectivity index (χ3v) is 7.98. The van der Waals surface area contributed by atoms with Gasteiger partial charge in [-0.25, -0.2) is 4.39 Å². The largest absolute Gasteiger partial charge is 0.489 e. The van der Waals surface area contributed by atoms with Crippen LogP contribution in [-0.4, -0.2) is 5.78 Å². The number of nitrogens with zero attached hydrogens (tertiary/aromatic N) is 2. The number of aryl methyl sites for hydroxylation is 3. The standard InChI is InChI=1S/C34H34FN3O2/c1-20-8-6-7-9-28(20)38-29-16-34(4,5)17-30(39)32(29)31(27(18-36)33(38)37)26-15-23(21(2)14-22(26)3)19-40-25-12-10-24(35)11-13-25/h6-15,31H,16-17,19,37H2,1-5H3. The summed E-state index contributed by atoms with van der Waals surface area (Å²) in [4.78, 5) is 15.9. The lowest BCUT2D eigenvalue weighted by Crippen LogP contribution is -2.42. The minimum atomic E-state index is -0.575. The Hall–Kier alpha value is -4.37. The molecule has 2 aliphatic rings. The molecule has 1 aliphatic heterocycles. The predicted octanol–water partition coefficient (Wildman–Crippen LogP) is 7.27. The van der Waals surface area contributed by atoms with Crippen LogP contribution in [0.2, 0.25) is 0 Å². The number of para-hydroxylation sites is 1. The van der Waals surface area contributed by atoms with Gasteiger partial charge in [0.15, 0.2) is 5.78 Å². The summed E-state index contributed by atoms with van der Waals surface area (Å²) in [7, 11) is 0. The first-order valence-electron chi connectivity index (χ1n) is 13.5. The van der Waals surface area contributed by atoms with E-state index in [9.17, 15) is 14.4 Å². The number of hydrogen-bond donors (Lipinski definition) is 1. The summed E-state index contributed by atoms with van der Waals surface area (Å²) in [6.45, 7) is 10.5. The number of nitriles is 1. The highest BCUT2D eigenvalue weighted by Crippen LogP contribution is 2.51. The third kappa shape index (κ3) is 4.88. The zero-order valence-corrected chi connectivity index (χ0v) is 23.6. The van der Waals surface area contributed by atoms with Gasteiger partial charge in [-0.1, -0.05) is 44.2 Å². The normalized spacial score (nSPS) is 18.5. The molecule has 5 rings (SSSR count). The van der Waals surface area contributed by atoms with Crippen molar-refractivity contribution in [2.24, 2.45) is 11.1 Å². The van der Waals surface area contributed by atoms with E-state index in [4.69, 9.17) is 10.5 Å². The number of carbonyl (C=O) groups is 1. The van der Waals surface area contributed by atoms with Crippen LogP contribution in [0.4, 0.5) is 10.1 Å². The molecule has 5 nitrogen and oxygen atoms in total. The van der Waals surface area contributed by atoms with Gasteiger partial charge in [-0.2, -0.15) is 5.26 Å². The lowest BCUT2D eigenvalue weighted by atomic mass is 9.68. The molecular formula is C34H34FN3O2. The Kier molecular flexibility index (Phi) is 7.01. The number of anilines is 1. The zero-order chi connectivity index (χ0) is 28.8. The Morgan fingerprint density at radius 3 is 2.40 bits per heavy atom. The number of carbonyl (C=O) groups excluding carboxylic acids is 1. The topological polar surface area (TPSA) is 79.4 Å². The van der Waals surface area contributed by atoms with Gasteiger partial charge in [-0.3, -0.25) is 9.69 Å². The zero-order valence-electron chi connectivity index (χ0n) is 23.6. The van der Waals surface area contributed by atoms with Crippen molar-refractivity contribution in [2.45, 2.75) is 60.0 Å². The first kappa shape index (κ1) is 27.2. The highest BCUT2D eigenvalue weighted by atomic mass is 19.1. The van der Waals surface area contributed by atoms with Crippen molar-refractivity contribution in [2.75, 3.05) is 4.90 Å². The van der Waals surface area contributed by atoms with E-state index in [0.29, 0.717) is 35.6 Å². The van der Waals surface area contributed by atoms with Gasteiger partial charge < -0.3 is 10.5 Å². The molecule has 2 N–H and O–H groups in total.